The van der Waals surface area contributed by atoms with E-state index in [9.17, 15) is 4.79 Å². The number of quaternary nitrogens is 1. The number of tetrazole rings is 1. The van der Waals surface area contributed by atoms with E-state index in [1.165, 1.54) is 42.6 Å². The molecule has 2 heterocycles. The van der Waals surface area contributed by atoms with Crippen molar-refractivity contribution in [3.05, 3.63) is 51.6 Å². The summed E-state index contributed by atoms with van der Waals surface area (Å²) >= 11 is 0. The van der Waals surface area contributed by atoms with Gasteiger partial charge in [0.2, 0.25) is 5.82 Å². The third-order valence-corrected chi connectivity index (χ3v) is 7.23. The van der Waals surface area contributed by atoms with E-state index >= 15 is 0 Å². The molecular weight excluding hydrogens is 388 g/mol. The van der Waals surface area contributed by atoms with Gasteiger partial charge in [-0.05, 0) is 86.9 Å². The van der Waals surface area contributed by atoms with Gasteiger partial charge in [0.05, 0.1) is 24.2 Å². The van der Waals surface area contributed by atoms with E-state index in [2.05, 4.69) is 67.4 Å². The molecule has 31 heavy (non-hydrogen) atoms. The normalized spacial score (nSPS) is 17.7. The first-order valence-corrected chi connectivity index (χ1v) is 11.6. The van der Waals surface area contributed by atoms with Crippen LogP contribution in [0, 0.1) is 6.92 Å². The van der Waals surface area contributed by atoms with Gasteiger partial charge in [-0.25, -0.2) is 4.68 Å². The van der Waals surface area contributed by atoms with Gasteiger partial charge < -0.3 is 9.88 Å². The molecule has 2 aromatic heterocycles. The van der Waals surface area contributed by atoms with Gasteiger partial charge in [0.15, 0.2) is 6.04 Å². The zero-order valence-electron chi connectivity index (χ0n) is 19.4. The molecule has 0 spiro atoms. The minimum absolute atomic E-state index is 0.0552. The molecule has 0 bridgehead atoms. The molecule has 1 unspecified atom stereocenters. The number of nitrogens with zero attached hydrogens (tertiary/aromatic N) is 4. The summed E-state index contributed by atoms with van der Waals surface area (Å²) in [6.45, 7) is 8.51. The molecule has 1 saturated carbocycles. The second-order valence-corrected chi connectivity index (χ2v) is 9.77. The molecule has 1 aliphatic rings. The van der Waals surface area contributed by atoms with Crippen molar-refractivity contribution in [2.24, 2.45) is 0 Å². The molecule has 0 amide bonds. The Kier molecular flexibility index (Phi) is 5.97. The van der Waals surface area contributed by atoms with Crippen LogP contribution in [0.15, 0.2) is 29.1 Å². The van der Waals surface area contributed by atoms with E-state index < -0.39 is 0 Å². The van der Waals surface area contributed by atoms with Crippen molar-refractivity contribution in [2.45, 2.75) is 83.8 Å². The van der Waals surface area contributed by atoms with Gasteiger partial charge in [-0.15, -0.1) is 5.10 Å². The van der Waals surface area contributed by atoms with E-state index in [1.54, 1.807) is 0 Å². The lowest BCUT2D eigenvalue weighted by atomic mass is 9.91. The maximum atomic E-state index is 13.3. The fourth-order valence-electron chi connectivity index (χ4n) is 4.89. The van der Waals surface area contributed by atoms with Gasteiger partial charge in [-0.2, -0.15) is 0 Å². The van der Waals surface area contributed by atoms with Gasteiger partial charge in [-0.3, -0.25) is 4.79 Å². The molecule has 7 nitrogen and oxygen atoms in total. The summed E-state index contributed by atoms with van der Waals surface area (Å²) in [5.41, 5.74) is 2.49. The lowest BCUT2D eigenvalue weighted by Crippen LogP contribution is -3.13. The molecular formula is C24H35N6O+. The summed E-state index contributed by atoms with van der Waals surface area (Å²) in [6.07, 6.45) is 7.02. The molecule has 0 aliphatic heterocycles. The SMILES string of the molecule is CCC(C)(C)n1nnnc1[C@@H](c1cc2cc(C)ccc2[nH]c1=O)[NH+](C)C1CCCCC1. The first-order valence-electron chi connectivity index (χ1n) is 11.6. The highest BCUT2D eigenvalue weighted by atomic mass is 16.1. The Labute approximate surface area is 183 Å². The van der Waals surface area contributed by atoms with E-state index in [0.29, 0.717) is 6.04 Å². The number of pyridine rings is 1. The third-order valence-electron chi connectivity index (χ3n) is 7.23. The van der Waals surface area contributed by atoms with Crippen molar-refractivity contribution < 1.29 is 4.90 Å². The summed E-state index contributed by atoms with van der Waals surface area (Å²) in [5, 5.41) is 14.0. The maximum absolute atomic E-state index is 13.3. The zero-order chi connectivity index (χ0) is 22.2. The van der Waals surface area contributed by atoms with Crippen LogP contribution in [0.1, 0.15) is 82.3 Å². The van der Waals surface area contributed by atoms with Crippen molar-refractivity contribution in [1.29, 1.82) is 0 Å². The van der Waals surface area contributed by atoms with Gasteiger partial charge in [-0.1, -0.05) is 25.0 Å². The number of rotatable bonds is 6. The summed E-state index contributed by atoms with van der Waals surface area (Å²) < 4.78 is 1.93. The molecule has 1 fully saturated rings. The molecule has 3 aromatic rings. The van der Waals surface area contributed by atoms with Gasteiger partial charge in [0, 0.05) is 5.52 Å². The Bertz CT molecular complexity index is 1110. The predicted octanol–water partition coefficient (Wildman–Crippen LogP) is 2.90. The van der Waals surface area contributed by atoms with E-state index in [-0.39, 0.29) is 17.1 Å². The highest BCUT2D eigenvalue weighted by Crippen LogP contribution is 2.26. The minimum Gasteiger partial charge on any atom is -0.322 e. The van der Waals surface area contributed by atoms with Crippen LogP contribution in [0.25, 0.3) is 10.9 Å². The number of benzene rings is 1. The number of aromatic nitrogens is 5. The molecule has 0 saturated heterocycles. The van der Waals surface area contributed by atoms with Crippen LogP contribution in [-0.2, 0) is 5.54 Å². The average molecular weight is 424 g/mol. The number of aromatic amines is 1. The Morgan fingerprint density at radius 3 is 2.68 bits per heavy atom. The van der Waals surface area contributed by atoms with Crippen LogP contribution in [0.4, 0.5) is 0 Å². The second-order valence-electron chi connectivity index (χ2n) is 9.77. The number of nitrogens with one attached hydrogen (secondary N) is 2. The standard InChI is InChI=1S/C24H34N6O/c1-6-24(3,4)30-22(26-27-28-30)21(29(5)18-10-8-7-9-11-18)19-15-17-14-16(2)12-13-20(17)25-23(19)31/h12-15,18,21H,6-11H2,1-5H3,(H,25,31)/p+1/t21-/m1/s1. The number of fused-ring (bicyclic) bond motifs is 1. The minimum atomic E-state index is -0.232. The molecule has 2 N–H and O–H groups in total. The zero-order valence-corrected chi connectivity index (χ0v) is 19.4. The summed E-state index contributed by atoms with van der Waals surface area (Å²) in [5.74, 6) is 0.771. The Hall–Kier alpha value is -2.54. The average Bonchev–Trinajstić information content (AvgIpc) is 3.25. The maximum Gasteiger partial charge on any atom is 0.258 e. The third kappa shape index (κ3) is 4.15. The number of aryl methyl sites for hydroxylation is 1. The van der Waals surface area contributed by atoms with Crippen LogP contribution >= 0.6 is 0 Å². The van der Waals surface area contributed by atoms with Crippen molar-refractivity contribution in [3.63, 3.8) is 0 Å². The quantitative estimate of drug-likeness (QED) is 0.639. The number of hydrogen-bond acceptors (Lipinski definition) is 4. The van der Waals surface area contributed by atoms with E-state index in [4.69, 9.17) is 0 Å². The van der Waals surface area contributed by atoms with Gasteiger partial charge in [0.25, 0.3) is 5.56 Å². The van der Waals surface area contributed by atoms with Crippen LogP contribution in [0.5, 0.6) is 0 Å². The summed E-state index contributed by atoms with van der Waals surface area (Å²) in [6, 6.07) is 8.45. The monoisotopic (exact) mass is 423 g/mol. The van der Waals surface area contributed by atoms with Crippen molar-refractivity contribution >= 4 is 10.9 Å². The first-order chi connectivity index (χ1) is 14.8. The molecule has 2 atom stereocenters. The fourth-order valence-corrected chi connectivity index (χ4v) is 4.89. The highest BCUT2D eigenvalue weighted by molar-refractivity contribution is 5.79. The fraction of sp³-hybridized carbons (Fsp3) is 0.583. The topological polar surface area (TPSA) is 80.9 Å². The largest absolute Gasteiger partial charge is 0.322 e. The van der Waals surface area contributed by atoms with Crippen LogP contribution < -0.4 is 10.5 Å². The van der Waals surface area contributed by atoms with Crippen molar-refractivity contribution in [2.75, 3.05) is 7.05 Å². The molecule has 166 valence electrons. The highest BCUT2D eigenvalue weighted by Gasteiger charge is 2.38. The van der Waals surface area contributed by atoms with Crippen LogP contribution in [-0.4, -0.2) is 38.3 Å². The number of hydrogen-bond donors (Lipinski definition) is 2. The Morgan fingerprint density at radius 2 is 1.97 bits per heavy atom. The van der Waals surface area contributed by atoms with E-state index in [0.717, 1.165) is 28.7 Å². The number of H-pyrrole nitrogens is 1. The Balaban J connectivity index is 1.90. The molecule has 7 heteroatoms. The van der Waals surface area contributed by atoms with Crippen molar-refractivity contribution in [1.82, 2.24) is 25.2 Å². The molecule has 4 rings (SSSR count). The second kappa shape index (κ2) is 8.54. The van der Waals surface area contributed by atoms with Crippen LogP contribution in [0.2, 0.25) is 0 Å². The van der Waals surface area contributed by atoms with Gasteiger partial charge in [0.1, 0.15) is 0 Å². The summed E-state index contributed by atoms with van der Waals surface area (Å²) in [4.78, 5) is 17.7. The van der Waals surface area contributed by atoms with Gasteiger partial charge >= 0.3 is 0 Å². The molecule has 1 aromatic carbocycles. The lowest BCUT2D eigenvalue weighted by Gasteiger charge is -2.35. The first kappa shape index (κ1) is 21.7. The summed E-state index contributed by atoms with van der Waals surface area (Å²) in [7, 11) is 2.21. The smallest absolute Gasteiger partial charge is 0.258 e. The van der Waals surface area contributed by atoms with Crippen LogP contribution in [0.3, 0.4) is 0 Å². The molecule has 1 aliphatic carbocycles. The Morgan fingerprint density at radius 1 is 1.23 bits per heavy atom. The predicted molar refractivity (Wildman–Crippen MR) is 122 cm³/mol. The van der Waals surface area contributed by atoms with E-state index in [1.807, 2.05) is 16.8 Å². The lowest BCUT2D eigenvalue weighted by molar-refractivity contribution is -0.933. The van der Waals surface area contributed by atoms with Crippen molar-refractivity contribution in [3.8, 4) is 0 Å². The molecule has 0 radical (unpaired) electrons.